The van der Waals surface area contributed by atoms with Crippen LogP contribution in [0.2, 0.25) is 0 Å². The summed E-state index contributed by atoms with van der Waals surface area (Å²) in [5, 5.41) is 19.8. The van der Waals surface area contributed by atoms with Crippen LogP contribution < -0.4 is 21.9 Å². The molecule has 1 aliphatic heterocycles. The van der Waals surface area contributed by atoms with Gasteiger partial charge < -0.3 is 21.1 Å². The van der Waals surface area contributed by atoms with Gasteiger partial charge in [0, 0.05) is 68.4 Å². The topological polar surface area (TPSA) is 177 Å². The van der Waals surface area contributed by atoms with Crippen LogP contribution in [0.3, 0.4) is 0 Å². The third-order valence-corrected chi connectivity index (χ3v) is 7.55. The van der Waals surface area contributed by atoms with Crippen molar-refractivity contribution in [2.24, 2.45) is 7.05 Å². The first-order valence-electron chi connectivity index (χ1n) is 14.1. The Morgan fingerprint density at radius 1 is 1.07 bits per heavy atom. The highest BCUT2D eigenvalue weighted by Crippen LogP contribution is 2.27. The van der Waals surface area contributed by atoms with E-state index in [4.69, 9.17) is 10.8 Å². The van der Waals surface area contributed by atoms with Gasteiger partial charge in [0.2, 0.25) is 5.95 Å². The number of halogens is 1. The maximum absolute atomic E-state index is 14.9. The summed E-state index contributed by atoms with van der Waals surface area (Å²) < 4.78 is 17.9. The number of urea groups is 1. The zero-order valence-corrected chi connectivity index (χ0v) is 25.0. The number of anilines is 3. The normalized spacial score (nSPS) is 14.2. The summed E-state index contributed by atoms with van der Waals surface area (Å²) in [5.74, 6) is -0.216. The number of carboxylic acid groups (broad SMARTS) is 1. The van der Waals surface area contributed by atoms with Gasteiger partial charge in [0.25, 0.3) is 5.56 Å². The zero-order valence-electron chi connectivity index (χ0n) is 25.0. The highest BCUT2D eigenvalue weighted by atomic mass is 19.1. The number of rotatable bonds is 6. The fourth-order valence-corrected chi connectivity index (χ4v) is 4.98. The second-order valence-corrected chi connectivity index (χ2v) is 11.7. The zero-order chi connectivity index (χ0) is 31.8. The monoisotopic (exact) mass is 606 g/mol. The van der Waals surface area contributed by atoms with E-state index in [1.807, 2.05) is 20.8 Å². The summed E-state index contributed by atoms with van der Waals surface area (Å²) in [7, 11) is 1.56. The summed E-state index contributed by atoms with van der Waals surface area (Å²) in [4.78, 5) is 49.1. The third-order valence-electron chi connectivity index (χ3n) is 7.55. The van der Waals surface area contributed by atoms with E-state index in [1.165, 1.54) is 33.9 Å². The molecule has 0 unspecified atom stereocenters. The van der Waals surface area contributed by atoms with Crippen molar-refractivity contribution in [2.45, 2.75) is 32.7 Å². The molecule has 1 aromatic carbocycles. The van der Waals surface area contributed by atoms with Crippen LogP contribution in [0.25, 0.3) is 22.2 Å². The summed E-state index contributed by atoms with van der Waals surface area (Å²) in [6.07, 6.45) is 0.577. The number of amides is 3. The molecule has 4 heterocycles. The standard InChI is InChI=1S/C29H35FN10O4/c1-29(2,3)22-15-23(40(36-22)12-9-38-7-10-39(11-8-38)28(43)44)34-27(42)33-21-14-17(5-6-20(21)30)19-13-18-16-32-26(31)35-24(18)37(4)25(19)41/h5-6,13-16H,7-12H2,1-4H3,(H,43,44)(H2,31,32,35)(H2,33,34,42). The molecule has 3 aromatic heterocycles. The fourth-order valence-electron chi connectivity index (χ4n) is 4.98. The van der Waals surface area contributed by atoms with Crippen LogP contribution in [-0.4, -0.2) is 84.1 Å². The number of nitrogens with one attached hydrogen (secondary N) is 2. The Kier molecular flexibility index (Phi) is 8.23. The molecule has 0 saturated carbocycles. The Morgan fingerprint density at radius 3 is 2.48 bits per heavy atom. The van der Waals surface area contributed by atoms with E-state index in [1.54, 1.807) is 23.9 Å². The van der Waals surface area contributed by atoms with E-state index in [0.29, 0.717) is 61.7 Å². The molecule has 44 heavy (non-hydrogen) atoms. The molecule has 0 aliphatic carbocycles. The number of nitrogen functional groups attached to an aromatic ring is 1. The minimum absolute atomic E-state index is 0.0362. The molecule has 5 rings (SSSR count). The van der Waals surface area contributed by atoms with Crippen LogP contribution in [0.15, 0.2) is 41.3 Å². The molecular formula is C29H35FN10O4. The second kappa shape index (κ2) is 11.9. The predicted molar refractivity (Wildman–Crippen MR) is 164 cm³/mol. The molecule has 1 fully saturated rings. The maximum atomic E-state index is 14.9. The predicted octanol–water partition coefficient (Wildman–Crippen LogP) is 3.15. The number of carbonyl (C=O) groups is 2. The fraction of sp³-hybridized carbons (Fsp3) is 0.379. The minimum atomic E-state index is -0.925. The van der Waals surface area contributed by atoms with Crippen molar-refractivity contribution in [3.05, 3.63) is 58.4 Å². The van der Waals surface area contributed by atoms with Crippen LogP contribution >= 0.6 is 0 Å². The molecule has 15 heteroatoms. The number of piperazine rings is 1. The van der Waals surface area contributed by atoms with Crippen molar-refractivity contribution >= 4 is 40.6 Å². The number of aromatic nitrogens is 5. The van der Waals surface area contributed by atoms with Gasteiger partial charge in [-0.15, -0.1) is 0 Å². The van der Waals surface area contributed by atoms with E-state index in [0.717, 1.165) is 5.69 Å². The van der Waals surface area contributed by atoms with Gasteiger partial charge >= 0.3 is 12.1 Å². The van der Waals surface area contributed by atoms with Gasteiger partial charge in [-0.1, -0.05) is 26.8 Å². The Bertz CT molecular complexity index is 1790. The summed E-state index contributed by atoms with van der Waals surface area (Å²) in [6, 6.07) is 6.72. The lowest BCUT2D eigenvalue weighted by molar-refractivity contribution is 0.104. The average molecular weight is 607 g/mol. The molecule has 0 radical (unpaired) electrons. The van der Waals surface area contributed by atoms with Gasteiger partial charge in [-0.05, 0) is 23.8 Å². The van der Waals surface area contributed by atoms with E-state index in [2.05, 4.69) is 25.5 Å². The van der Waals surface area contributed by atoms with Gasteiger partial charge in [0.05, 0.1) is 17.9 Å². The number of fused-ring (bicyclic) bond motifs is 1. The van der Waals surface area contributed by atoms with Crippen LogP contribution in [0.5, 0.6) is 0 Å². The van der Waals surface area contributed by atoms with E-state index in [-0.39, 0.29) is 28.2 Å². The van der Waals surface area contributed by atoms with Crippen molar-refractivity contribution in [3.63, 3.8) is 0 Å². The Morgan fingerprint density at radius 2 is 1.80 bits per heavy atom. The van der Waals surface area contributed by atoms with Gasteiger partial charge in [-0.2, -0.15) is 10.1 Å². The Labute approximate surface area is 252 Å². The van der Waals surface area contributed by atoms with Gasteiger partial charge in [0.15, 0.2) is 0 Å². The van der Waals surface area contributed by atoms with Crippen LogP contribution in [0.4, 0.5) is 31.4 Å². The maximum Gasteiger partial charge on any atom is 0.407 e. The third kappa shape index (κ3) is 6.46. The van der Waals surface area contributed by atoms with Gasteiger partial charge in [-0.25, -0.2) is 23.6 Å². The molecule has 0 spiro atoms. The molecule has 1 saturated heterocycles. The summed E-state index contributed by atoms with van der Waals surface area (Å²) in [5.41, 5.74) is 6.67. The van der Waals surface area contributed by atoms with Crippen molar-refractivity contribution in [3.8, 4) is 11.1 Å². The SMILES string of the molecule is Cn1c(=O)c(-c2ccc(F)c(NC(=O)Nc3cc(C(C)(C)C)nn3CCN3CCN(C(=O)O)CC3)c2)cc2cnc(N)nc21. The number of hydrogen-bond donors (Lipinski definition) is 4. The van der Waals surface area contributed by atoms with E-state index >= 15 is 0 Å². The first-order chi connectivity index (χ1) is 20.8. The lowest BCUT2D eigenvalue weighted by atomic mass is 9.92. The molecule has 5 N–H and O–H groups in total. The highest BCUT2D eigenvalue weighted by Gasteiger charge is 2.24. The van der Waals surface area contributed by atoms with Crippen LogP contribution in [0.1, 0.15) is 26.5 Å². The number of nitrogens with two attached hydrogens (primary N) is 1. The summed E-state index contributed by atoms with van der Waals surface area (Å²) in [6.45, 7) is 9.11. The summed E-state index contributed by atoms with van der Waals surface area (Å²) >= 11 is 0. The van der Waals surface area contributed by atoms with Gasteiger partial charge in [-0.3, -0.25) is 19.6 Å². The van der Waals surface area contributed by atoms with Crippen molar-refractivity contribution < 1.29 is 19.1 Å². The number of benzene rings is 1. The minimum Gasteiger partial charge on any atom is -0.465 e. The molecule has 0 bridgehead atoms. The van der Waals surface area contributed by atoms with E-state index in [9.17, 15) is 23.9 Å². The molecule has 3 amide bonds. The number of hydrogen-bond acceptors (Lipinski definition) is 8. The number of pyridine rings is 1. The number of aryl methyl sites for hydroxylation is 1. The molecule has 1 aliphatic rings. The molecule has 14 nitrogen and oxygen atoms in total. The smallest absolute Gasteiger partial charge is 0.407 e. The van der Waals surface area contributed by atoms with Crippen molar-refractivity contribution in [1.82, 2.24) is 34.1 Å². The molecule has 232 valence electrons. The lowest BCUT2D eigenvalue weighted by Gasteiger charge is -2.33. The molecule has 4 aromatic rings. The number of nitrogens with zero attached hydrogens (tertiary/aromatic N) is 7. The largest absolute Gasteiger partial charge is 0.465 e. The first-order valence-corrected chi connectivity index (χ1v) is 14.1. The lowest BCUT2D eigenvalue weighted by Crippen LogP contribution is -2.48. The average Bonchev–Trinajstić information content (AvgIpc) is 3.38. The highest BCUT2D eigenvalue weighted by molar-refractivity contribution is 5.99. The van der Waals surface area contributed by atoms with E-state index < -0.39 is 17.9 Å². The molecule has 0 atom stereocenters. The van der Waals surface area contributed by atoms with Gasteiger partial charge in [0.1, 0.15) is 17.3 Å². The second-order valence-electron chi connectivity index (χ2n) is 11.7. The molecular weight excluding hydrogens is 571 g/mol. The first kappa shape index (κ1) is 30.4. The van der Waals surface area contributed by atoms with Crippen LogP contribution in [0, 0.1) is 5.82 Å². The van der Waals surface area contributed by atoms with Crippen LogP contribution in [-0.2, 0) is 19.0 Å². The Balaban J connectivity index is 1.34. The van der Waals surface area contributed by atoms with Crippen molar-refractivity contribution in [1.29, 1.82) is 0 Å². The quantitative estimate of drug-likeness (QED) is 0.257. The number of carbonyl (C=O) groups excluding carboxylic acids is 1. The van der Waals surface area contributed by atoms with Crippen molar-refractivity contribution in [2.75, 3.05) is 49.1 Å². The Hall–Kier alpha value is -5.05.